The fraction of sp³-hybridized carbons (Fsp3) is 0.375. The van der Waals surface area contributed by atoms with Crippen LogP contribution in [0.4, 0.5) is 0 Å². The summed E-state index contributed by atoms with van der Waals surface area (Å²) in [5.74, 6) is 0.0555. The Hall–Kier alpha value is -2.21. The van der Waals surface area contributed by atoms with Gasteiger partial charge in [-0.1, -0.05) is 48.5 Å². The molecule has 4 nitrogen and oxygen atoms in total. The average molecular weight is 409 g/mol. The van der Waals surface area contributed by atoms with Gasteiger partial charge in [-0.25, -0.2) is 0 Å². The minimum absolute atomic E-state index is 0.0417. The van der Waals surface area contributed by atoms with Gasteiger partial charge in [-0.05, 0) is 47.5 Å². The molecular formula is C24H28N2O2S. The topological polar surface area (TPSA) is 41.6 Å². The Bertz CT molecular complexity index is 930. The number of ether oxygens (including phenoxy) is 1. The second-order valence-electron chi connectivity index (χ2n) is 7.74. The zero-order valence-electron chi connectivity index (χ0n) is 16.8. The van der Waals surface area contributed by atoms with Gasteiger partial charge in [0.2, 0.25) is 5.91 Å². The van der Waals surface area contributed by atoms with Crippen molar-refractivity contribution in [2.24, 2.45) is 0 Å². The lowest BCUT2D eigenvalue weighted by Crippen LogP contribution is -2.41. The second kappa shape index (κ2) is 9.53. The normalized spacial score (nSPS) is 17.7. The largest absolute Gasteiger partial charge is 0.377 e. The Kier molecular flexibility index (Phi) is 6.60. The van der Waals surface area contributed by atoms with E-state index in [1.807, 2.05) is 12.1 Å². The molecule has 5 heteroatoms. The highest BCUT2D eigenvalue weighted by molar-refractivity contribution is 7.09. The highest BCUT2D eigenvalue weighted by Crippen LogP contribution is 2.24. The number of amides is 1. The summed E-state index contributed by atoms with van der Waals surface area (Å²) in [5, 5.41) is 7.68. The van der Waals surface area contributed by atoms with Crippen molar-refractivity contribution in [3.05, 3.63) is 70.4 Å². The molecule has 1 aliphatic rings. The SMILES string of the molecule is C[C@H](NC(=O)CN(Cc1cccs1)C[C@@H]1CCCO1)c1cccc2ccccc12. The highest BCUT2D eigenvalue weighted by Gasteiger charge is 2.22. The van der Waals surface area contributed by atoms with Crippen molar-refractivity contribution in [2.75, 3.05) is 19.7 Å². The Morgan fingerprint density at radius 3 is 2.86 bits per heavy atom. The molecule has 1 fully saturated rings. The molecule has 0 saturated carbocycles. The molecule has 0 spiro atoms. The molecule has 0 aliphatic carbocycles. The van der Waals surface area contributed by atoms with Crippen molar-refractivity contribution in [3.63, 3.8) is 0 Å². The molecule has 1 N–H and O–H groups in total. The lowest BCUT2D eigenvalue weighted by Gasteiger charge is -2.25. The second-order valence-corrected chi connectivity index (χ2v) is 8.77. The number of rotatable bonds is 8. The predicted molar refractivity (Wildman–Crippen MR) is 119 cm³/mol. The third kappa shape index (κ3) is 5.24. The summed E-state index contributed by atoms with van der Waals surface area (Å²) < 4.78 is 5.81. The van der Waals surface area contributed by atoms with Crippen molar-refractivity contribution in [2.45, 2.75) is 38.5 Å². The third-order valence-electron chi connectivity index (χ3n) is 5.48. The quantitative estimate of drug-likeness (QED) is 0.584. The Morgan fingerprint density at radius 2 is 2.07 bits per heavy atom. The molecule has 3 aromatic rings. The van der Waals surface area contributed by atoms with Crippen molar-refractivity contribution in [3.8, 4) is 0 Å². The van der Waals surface area contributed by atoms with E-state index in [4.69, 9.17) is 4.74 Å². The smallest absolute Gasteiger partial charge is 0.234 e. The zero-order valence-corrected chi connectivity index (χ0v) is 17.7. The van der Waals surface area contributed by atoms with Crippen LogP contribution in [0, 0.1) is 0 Å². The number of fused-ring (bicyclic) bond motifs is 1. The van der Waals surface area contributed by atoms with Gasteiger partial charge < -0.3 is 10.1 Å². The molecular weight excluding hydrogens is 380 g/mol. The van der Waals surface area contributed by atoms with Gasteiger partial charge in [0.1, 0.15) is 0 Å². The molecule has 1 amide bonds. The first-order valence-corrected chi connectivity index (χ1v) is 11.2. The first-order chi connectivity index (χ1) is 14.2. The van der Waals surface area contributed by atoms with Crippen LogP contribution in [0.5, 0.6) is 0 Å². The fourth-order valence-electron chi connectivity index (χ4n) is 4.08. The summed E-state index contributed by atoms with van der Waals surface area (Å²) >= 11 is 1.73. The standard InChI is InChI=1S/C24H28N2O2S/c1-18(22-12-4-8-19-7-2-3-11-23(19)22)25-24(27)17-26(15-20-9-5-13-28-20)16-21-10-6-14-29-21/h2-4,6-8,10-12,14,18,20H,5,9,13,15-17H2,1H3,(H,25,27)/t18-,20-/m0/s1. The minimum atomic E-state index is -0.0417. The minimum Gasteiger partial charge on any atom is -0.377 e. The van der Waals surface area contributed by atoms with E-state index in [9.17, 15) is 4.79 Å². The first kappa shape index (κ1) is 20.1. The molecule has 29 heavy (non-hydrogen) atoms. The number of thiophene rings is 1. The number of hydrogen-bond donors (Lipinski definition) is 1. The van der Waals surface area contributed by atoms with Gasteiger partial charge in [-0.15, -0.1) is 11.3 Å². The van der Waals surface area contributed by atoms with Gasteiger partial charge in [0.05, 0.1) is 18.7 Å². The summed E-state index contributed by atoms with van der Waals surface area (Å²) in [5.41, 5.74) is 1.15. The molecule has 2 aromatic carbocycles. The van der Waals surface area contributed by atoms with Crippen LogP contribution < -0.4 is 5.32 Å². The van der Waals surface area contributed by atoms with Gasteiger partial charge in [0.15, 0.2) is 0 Å². The van der Waals surface area contributed by atoms with E-state index < -0.39 is 0 Å². The van der Waals surface area contributed by atoms with E-state index in [0.717, 1.165) is 38.1 Å². The Balaban J connectivity index is 1.42. The Labute approximate surface area is 176 Å². The molecule has 1 saturated heterocycles. The van der Waals surface area contributed by atoms with E-state index in [1.165, 1.54) is 15.6 Å². The lowest BCUT2D eigenvalue weighted by molar-refractivity contribution is -0.123. The highest BCUT2D eigenvalue weighted by atomic mass is 32.1. The number of nitrogens with zero attached hydrogens (tertiary/aromatic N) is 1. The van der Waals surface area contributed by atoms with Crippen LogP contribution in [0.2, 0.25) is 0 Å². The van der Waals surface area contributed by atoms with Crippen LogP contribution in [0.15, 0.2) is 60.0 Å². The van der Waals surface area contributed by atoms with Gasteiger partial charge >= 0.3 is 0 Å². The maximum absolute atomic E-state index is 12.9. The molecule has 2 heterocycles. The van der Waals surface area contributed by atoms with Crippen LogP contribution in [0.25, 0.3) is 10.8 Å². The maximum atomic E-state index is 12.9. The van der Waals surface area contributed by atoms with Crippen LogP contribution in [-0.2, 0) is 16.1 Å². The van der Waals surface area contributed by atoms with E-state index in [0.29, 0.717) is 6.54 Å². The van der Waals surface area contributed by atoms with Gasteiger partial charge in [0, 0.05) is 24.6 Å². The van der Waals surface area contributed by atoms with Crippen molar-refractivity contribution < 1.29 is 9.53 Å². The molecule has 0 bridgehead atoms. The molecule has 1 aliphatic heterocycles. The van der Waals surface area contributed by atoms with Crippen molar-refractivity contribution in [1.82, 2.24) is 10.2 Å². The van der Waals surface area contributed by atoms with E-state index in [1.54, 1.807) is 11.3 Å². The lowest BCUT2D eigenvalue weighted by atomic mass is 10.00. The average Bonchev–Trinajstić information content (AvgIpc) is 3.41. The summed E-state index contributed by atoms with van der Waals surface area (Å²) in [6, 6.07) is 18.7. The summed E-state index contributed by atoms with van der Waals surface area (Å²) in [7, 11) is 0. The zero-order chi connectivity index (χ0) is 20.1. The molecule has 152 valence electrons. The maximum Gasteiger partial charge on any atom is 0.234 e. The van der Waals surface area contributed by atoms with Crippen molar-refractivity contribution in [1.29, 1.82) is 0 Å². The van der Waals surface area contributed by atoms with Crippen molar-refractivity contribution >= 4 is 28.0 Å². The number of nitrogens with one attached hydrogen (secondary N) is 1. The molecule has 1 aromatic heterocycles. The fourth-order valence-corrected chi connectivity index (χ4v) is 4.83. The van der Waals surface area contributed by atoms with Crippen LogP contribution >= 0.6 is 11.3 Å². The van der Waals surface area contributed by atoms with E-state index in [-0.39, 0.29) is 18.1 Å². The molecule has 2 atom stereocenters. The molecule has 0 unspecified atom stereocenters. The monoisotopic (exact) mass is 408 g/mol. The number of carbonyl (C=O) groups excluding carboxylic acids is 1. The van der Waals surface area contributed by atoms with E-state index >= 15 is 0 Å². The number of hydrogen-bond acceptors (Lipinski definition) is 4. The molecule has 4 rings (SSSR count). The summed E-state index contributed by atoms with van der Waals surface area (Å²) in [6.07, 6.45) is 2.43. The summed E-state index contributed by atoms with van der Waals surface area (Å²) in [6.45, 7) is 4.86. The van der Waals surface area contributed by atoms with Gasteiger partial charge in [-0.3, -0.25) is 9.69 Å². The van der Waals surface area contributed by atoms with Crippen LogP contribution in [0.3, 0.4) is 0 Å². The number of benzene rings is 2. The van der Waals surface area contributed by atoms with E-state index in [2.05, 4.69) is 65.0 Å². The molecule has 0 radical (unpaired) electrons. The third-order valence-corrected chi connectivity index (χ3v) is 6.34. The van der Waals surface area contributed by atoms with Gasteiger partial charge in [-0.2, -0.15) is 0 Å². The first-order valence-electron chi connectivity index (χ1n) is 10.3. The summed E-state index contributed by atoms with van der Waals surface area (Å²) in [4.78, 5) is 16.4. The predicted octanol–water partition coefficient (Wildman–Crippen LogP) is 4.76. The Morgan fingerprint density at radius 1 is 1.21 bits per heavy atom. The van der Waals surface area contributed by atoms with Gasteiger partial charge in [0.25, 0.3) is 0 Å². The van der Waals surface area contributed by atoms with Crippen LogP contribution in [-0.4, -0.2) is 36.6 Å². The number of carbonyl (C=O) groups is 1. The van der Waals surface area contributed by atoms with Crippen LogP contribution in [0.1, 0.15) is 36.2 Å².